The van der Waals surface area contributed by atoms with E-state index in [1.54, 1.807) is 30.3 Å². The van der Waals surface area contributed by atoms with Crippen LogP contribution >= 0.6 is 0 Å². The fraction of sp³-hybridized carbons (Fsp3) is 0.286. The molecule has 0 saturated carbocycles. The minimum atomic E-state index is -3.55. The molecule has 0 radical (unpaired) electrons. The molecule has 3 nitrogen and oxygen atoms in total. The molecule has 0 spiro atoms. The predicted molar refractivity (Wildman–Crippen MR) is 140 cm³/mol. The monoisotopic (exact) mass is 478 g/mol. The van der Waals surface area contributed by atoms with Gasteiger partial charge in [-0.2, -0.15) is 0 Å². The molecule has 0 aliphatic heterocycles. The predicted octanol–water partition coefficient (Wildman–Crippen LogP) is 5.58. The molecule has 33 heavy (non-hydrogen) atoms. The van der Waals surface area contributed by atoms with Gasteiger partial charge in [-0.3, -0.25) is 0 Å². The second-order valence-corrected chi connectivity index (χ2v) is 15.8. The fourth-order valence-corrected chi connectivity index (χ4v) is 9.99. The van der Waals surface area contributed by atoms with Crippen LogP contribution in [0.3, 0.4) is 0 Å². The highest BCUT2D eigenvalue weighted by Gasteiger charge is 2.51. The van der Waals surface area contributed by atoms with Crippen molar-refractivity contribution in [1.82, 2.24) is 0 Å². The van der Waals surface area contributed by atoms with Crippen LogP contribution < -0.4 is 10.4 Å². The van der Waals surface area contributed by atoms with Gasteiger partial charge in [0, 0.05) is 5.41 Å². The van der Waals surface area contributed by atoms with Crippen LogP contribution in [0.1, 0.15) is 34.6 Å². The van der Waals surface area contributed by atoms with Crippen molar-refractivity contribution >= 4 is 28.5 Å². The van der Waals surface area contributed by atoms with Crippen molar-refractivity contribution in [3.63, 3.8) is 0 Å². The Hall–Kier alpha value is -2.47. The minimum absolute atomic E-state index is 0.0915. The molecule has 174 valence electrons. The summed E-state index contributed by atoms with van der Waals surface area (Å²) in [6, 6.07) is 29.3. The molecule has 0 aromatic heterocycles. The lowest BCUT2D eigenvalue weighted by Gasteiger charge is -2.45. The molecule has 3 aromatic carbocycles. The smallest absolute Gasteiger partial charge is 0.261 e. The summed E-state index contributed by atoms with van der Waals surface area (Å²) in [6.07, 6.45) is 1.36. The van der Waals surface area contributed by atoms with E-state index in [0.29, 0.717) is 0 Å². The van der Waals surface area contributed by atoms with E-state index in [1.165, 1.54) is 15.8 Å². The lowest BCUT2D eigenvalue weighted by molar-refractivity contribution is 0.184. The van der Waals surface area contributed by atoms with Crippen LogP contribution in [0.4, 0.5) is 0 Å². The van der Waals surface area contributed by atoms with Crippen LogP contribution in [0, 0.1) is 5.92 Å². The van der Waals surface area contributed by atoms with Gasteiger partial charge in [-0.15, -0.1) is 0 Å². The Labute approximate surface area is 200 Å². The van der Waals surface area contributed by atoms with Gasteiger partial charge in [0.1, 0.15) is 0 Å². The van der Waals surface area contributed by atoms with Crippen molar-refractivity contribution < 1.29 is 12.8 Å². The zero-order valence-electron chi connectivity index (χ0n) is 20.1. The summed E-state index contributed by atoms with van der Waals surface area (Å²) in [7, 11) is -6.35. The Morgan fingerprint density at radius 3 is 1.58 bits per heavy atom. The molecule has 3 aromatic rings. The first-order valence-corrected chi connectivity index (χ1v) is 14.8. The molecule has 0 bridgehead atoms. The maximum atomic E-state index is 12.9. The number of hydrogen-bond acceptors (Lipinski definition) is 3. The summed E-state index contributed by atoms with van der Waals surface area (Å²) < 4.78 is 33.0. The molecule has 0 fully saturated rings. The highest BCUT2D eigenvalue weighted by Crippen LogP contribution is 2.38. The minimum Gasteiger partial charge on any atom is -0.401 e. The maximum absolute atomic E-state index is 12.9. The van der Waals surface area contributed by atoms with Crippen LogP contribution in [-0.4, -0.2) is 22.8 Å². The lowest BCUT2D eigenvalue weighted by Crippen LogP contribution is -2.68. The standard InChI is InChI=1S/C28H34O3SSi/c1-23(2)27(21-22-32(29,30)24-15-9-6-10-16-24)31-33(28(3,4)5,25-17-11-7-12-18-25)26-19-13-8-14-20-26/h6-23,27H,1-5H3/b22-21+. The van der Waals surface area contributed by atoms with Crippen LogP contribution in [0.15, 0.2) is 107 Å². The normalized spacial score (nSPS) is 14.0. The van der Waals surface area contributed by atoms with Gasteiger partial charge in [-0.05, 0) is 39.5 Å². The Kier molecular flexibility index (Phi) is 7.78. The fourth-order valence-electron chi connectivity index (χ4n) is 4.16. The zero-order chi connectivity index (χ0) is 24.1. The average Bonchev–Trinajstić information content (AvgIpc) is 2.80. The van der Waals surface area contributed by atoms with Crippen LogP contribution in [0.25, 0.3) is 0 Å². The molecule has 0 N–H and O–H groups in total. The molecule has 0 saturated heterocycles. The number of rotatable bonds is 8. The Morgan fingerprint density at radius 2 is 1.18 bits per heavy atom. The first-order chi connectivity index (χ1) is 15.6. The summed E-state index contributed by atoms with van der Waals surface area (Å²) in [5.41, 5.74) is 0. The maximum Gasteiger partial charge on any atom is 0.261 e. The Bertz CT molecular complexity index is 1110. The van der Waals surface area contributed by atoms with Gasteiger partial charge in [0.25, 0.3) is 8.32 Å². The van der Waals surface area contributed by atoms with Crippen molar-refractivity contribution in [1.29, 1.82) is 0 Å². The van der Waals surface area contributed by atoms with E-state index in [2.05, 4.69) is 83.1 Å². The third kappa shape index (κ3) is 5.54. The molecule has 1 atom stereocenters. The van der Waals surface area contributed by atoms with E-state index in [1.807, 2.05) is 18.2 Å². The van der Waals surface area contributed by atoms with Gasteiger partial charge in [0.15, 0.2) is 9.84 Å². The van der Waals surface area contributed by atoms with Gasteiger partial charge in [0.2, 0.25) is 0 Å². The molecule has 0 heterocycles. The second-order valence-electron chi connectivity index (χ2n) is 9.68. The van der Waals surface area contributed by atoms with Crippen molar-refractivity contribution in [2.45, 2.75) is 50.7 Å². The summed E-state index contributed by atoms with van der Waals surface area (Å²) >= 11 is 0. The van der Waals surface area contributed by atoms with E-state index in [9.17, 15) is 8.42 Å². The molecular formula is C28H34O3SSi. The van der Waals surface area contributed by atoms with E-state index in [-0.39, 0.29) is 22.0 Å². The van der Waals surface area contributed by atoms with E-state index in [0.717, 1.165) is 0 Å². The van der Waals surface area contributed by atoms with E-state index >= 15 is 0 Å². The lowest BCUT2D eigenvalue weighted by atomic mass is 10.1. The molecule has 0 aliphatic carbocycles. The molecule has 0 amide bonds. The van der Waals surface area contributed by atoms with Crippen LogP contribution in [-0.2, 0) is 14.3 Å². The van der Waals surface area contributed by atoms with Gasteiger partial charge in [0.05, 0.1) is 11.0 Å². The summed E-state index contributed by atoms with van der Waals surface area (Å²) in [5.74, 6) is 0.0915. The first kappa shape index (κ1) is 25.2. The second kappa shape index (κ2) is 10.2. The third-order valence-corrected chi connectivity index (χ3v) is 12.4. The van der Waals surface area contributed by atoms with Gasteiger partial charge in [-0.1, -0.05) is 113 Å². The molecule has 3 rings (SSSR count). The molecule has 5 heteroatoms. The van der Waals surface area contributed by atoms with E-state index in [4.69, 9.17) is 4.43 Å². The molecular weight excluding hydrogens is 444 g/mol. The average molecular weight is 479 g/mol. The van der Waals surface area contributed by atoms with Crippen LogP contribution in [0.5, 0.6) is 0 Å². The SMILES string of the molecule is CC(C)C(/C=C/S(=O)(=O)c1ccccc1)O[Si](c1ccccc1)(c1ccccc1)C(C)(C)C. The number of hydrogen-bond donors (Lipinski definition) is 0. The van der Waals surface area contributed by atoms with Gasteiger partial charge < -0.3 is 4.43 Å². The topological polar surface area (TPSA) is 43.4 Å². The molecule has 0 aliphatic rings. The van der Waals surface area contributed by atoms with Crippen molar-refractivity contribution in [3.8, 4) is 0 Å². The van der Waals surface area contributed by atoms with Crippen LogP contribution in [0.2, 0.25) is 5.04 Å². The zero-order valence-corrected chi connectivity index (χ0v) is 21.9. The summed E-state index contributed by atoms with van der Waals surface area (Å²) in [4.78, 5) is 0.286. The quantitative estimate of drug-likeness (QED) is 0.397. The highest BCUT2D eigenvalue weighted by atomic mass is 32.2. The van der Waals surface area contributed by atoms with Gasteiger partial charge >= 0.3 is 0 Å². The van der Waals surface area contributed by atoms with E-state index < -0.39 is 18.2 Å². The first-order valence-electron chi connectivity index (χ1n) is 11.3. The Morgan fingerprint density at radius 1 is 0.758 bits per heavy atom. The number of sulfone groups is 1. The van der Waals surface area contributed by atoms with Gasteiger partial charge in [-0.25, -0.2) is 8.42 Å². The summed E-state index contributed by atoms with van der Waals surface area (Å²) in [5, 5.41) is 3.47. The summed E-state index contributed by atoms with van der Waals surface area (Å²) in [6.45, 7) is 10.8. The third-order valence-electron chi connectivity index (χ3n) is 5.91. The highest BCUT2D eigenvalue weighted by molar-refractivity contribution is 7.94. The largest absolute Gasteiger partial charge is 0.401 e. The van der Waals surface area contributed by atoms with Crippen molar-refractivity contribution in [2.24, 2.45) is 5.92 Å². The molecule has 1 unspecified atom stereocenters. The van der Waals surface area contributed by atoms with Crippen molar-refractivity contribution in [3.05, 3.63) is 102 Å². The number of benzene rings is 3. The Balaban J connectivity index is 2.12. The van der Waals surface area contributed by atoms with Crippen molar-refractivity contribution in [2.75, 3.05) is 0 Å².